The Kier molecular flexibility index (Phi) is 4.46. The normalized spacial score (nSPS) is 10.5. The molecule has 0 aliphatic heterocycles. The highest BCUT2D eigenvalue weighted by molar-refractivity contribution is 7.97. The van der Waals surface area contributed by atoms with Crippen LogP contribution in [0.4, 0.5) is 0 Å². The number of rotatable bonds is 4. The number of aryl methyl sites for hydroxylation is 1. The first-order valence-corrected chi connectivity index (χ1v) is 7.01. The minimum Gasteiger partial charge on any atom is -0.244 e. The number of thioether (sulfide) groups is 1. The number of benzene rings is 1. The first-order valence-electron chi connectivity index (χ1n) is 5.48. The van der Waals surface area contributed by atoms with E-state index in [1.165, 1.54) is 11.1 Å². The van der Waals surface area contributed by atoms with Crippen LogP contribution < -0.4 is 0 Å². The van der Waals surface area contributed by atoms with E-state index in [9.17, 15) is 0 Å². The summed E-state index contributed by atoms with van der Waals surface area (Å²) in [5, 5.41) is 0.615. The summed E-state index contributed by atoms with van der Waals surface area (Å²) in [5.74, 6) is 1.91. The van der Waals surface area contributed by atoms with E-state index < -0.39 is 0 Å². The number of hydrogen-bond donors (Lipinski definition) is 0. The van der Waals surface area contributed by atoms with E-state index in [1.807, 2.05) is 23.9 Å². The Labute approximate surface area is 111 Å². The van der Waals surface area contributed by atoms with Crippen LogP contribution in [0.2, 0.25) is 5.15 Å². The number of pyridine rings is 1. The molecule has 0 saturated carbocycles. The molecule has 0 radical (unpaired) electrons. The molecule has 0 saturated heterocycles. The van der Waals surface area contributed by atoms with E-state index >= 15 is 0 Å². The molecule has 1 aromatic heterocycles. The second kappa shape index (κ2) is 6.08. The van der Waals surface area contributed by atoms with Gasteiger partial charge in [0.05, 0.1) is 0 Å². The van der Waals surface area contributed by atoms with Crippen molar-refractivity contribution >= 4 is 23.4 Å². The van der Waals surface area contributed by atoms with E-state index in [0.29, 0.717) is 5.15 Å². The summed E-state index contributed by atoms with van der Waals surface area (Å²) in [4.78, 5) is 4.07. The average molecular weight is 264 g/mol. The molecule has 1 nitrogen and oxygen atoms in total. The van der Waals surface area contributed by atoms with Gasteiger partial charge in [-0.2, -0.15) is 11.8 Å². The predicted molar refractivity (Wildman–Crippen MR) is 75.4 cm³/mol. The lowest BCUT2D eigenvalue weighted by atomic mass is 10.2. The van der Waals surface area contributed by atoms with Crippen molar-refractivity contribution in [1.82, 2.24) is 4.98 Å². The second-order valence-corrected chi connectivity index (χ2v) is 5.28. The van der Waals surface area contributed by atoms with Crippen molar-refractivity contribution < 1.29 is 0 Å². The highest BCUT2D eigenvalue weighted by Crippen LogP contribution is 2.22. The molecule has 0 amide bonds. The van der Waals surface area contributed by atoms with Gasteiger partial charge in [0.1, 0.15) is 5.15 Å². The first kappa shape index (κ1) is 12.5. The zero-order chi connectivity index (χ0) is 12.1. The molecule has 0 bridgehead atoms. The van der Waals surface area contributed by atoms with Gasteiger partial charge in [-0.25, -0.2) is 4.98 Å². The maximum atomic E-state index is 6.01. The maximum Gasteiger partial charge on any atom is 0.133 e. The van der Waals surface area contributed by atoms with Gasteiger partial charge < -0.3 is 0 Å². The number of hydrogen-bond acceptors (Lipinski definition) is 2. The summed E-state index contributed by atoms with van der Waals surface area (Å²) in [6.07, 6.45) is 1.72. The molecule has 0 unspecified atom stereocenters. The van der Waals surface area contributed by atoms with E-state index in [0.717, 1.165) is 17.1 Å². The van der Waals surface area contributed by atoms with E-state index in [2.05, 4.69) is 36.2 Å². The monoisotopic (exact) mass is 263 g/mol. The summed E-state index contributed by atoms with van der Waals surface area (Å²) in [5.41, 5.74) is 3.77. The fourth-order valence-corrected chi connectivity index (χ4v) is 2.84. The lowest BCUT2D eigenvalue weighted by molar-refractivity contribution is 1.25. The largest absolute Gasteiger partial charge is 0.244 e. The summed E-state index contributed by atoms with van der Waals surface area (Å²) >= 11 is 7.86. The van der Waals surface area contributed by atoms with Gasteiger partial charge in [-0.15, -0.1) is 0 Å². The zero-order valence-electron chi connectivity index (χ0n) is 9.69. The molecule has 2 rings (SSSR count). The lowest BCUT2D eigenvalue weighted by Crippen LogP contribution is -1.87. The summed E-state index contributed by atoms with van der Waals surface area (Å²) in [6, 6.07) is 12.5. The third kappa shape index (κ3) is 3.76. The van der Waals surface area contributed by atoms with Crippen LogP contribution in [0, 0.1) is 6.92 Å². The van der Waals surface area contributed by atoms with Gasteiger partial charge in [0.2, 0.25) is 0 Å². The van der Waals surface area contributed by atoms with E-state index in [4.69, 9.17) is 11.6 Å². The van der Waals surface area contributed by atoms with Crippen molar-refractivity contribution in [2.75, 3.05) is 0 Å². The average Bonchev–Trinajstić information content (AvgIpc) is 2.32. The van der Waals surface area contributed by atoms with Gasteiger partial charge in [0.15, 0.2) is 0 Å². The molecule has 0 aliphatic rings. The predicted octanol–water partition coefficient (Wildman–Crippen LogP) is 4.48. The van der Waals surface area contributed by atoms with Crippen LogP contribution in [0.15, 0.2) is 42.6 Å². The molecular formula is C14H14ClNS. The van der Waals surface area contributed by atoms with Crippen LogP contribution in [0.5, 0.6) is 0 Å². The quantitative estimate of drug-likeness (QED) is 0.755. The fraction of sp³-hybridized carbons (Fsp3) is 0.214. The van der Waals surface area contributed by atoms with Crippen LogP contribution >= 0.6 is 23.4 Å². The Morgan fingerprint density at radius 1 is 1.18 bits per heavy atom. The van der Waals surface area contributed by atoms with Crippen LogP contribution in [0.25, 0.3) is 0 Å². The second-order valence-electron chi connectivity index (χ2n) is 3.94. The highest BCUT2D eigenvalue weighted by Gasteiger charge is 2.00. The topological polar surface area (TPSA) is 12.9 Å². The highest BCUT2D eigenvalue weighted by atomic mass is 35.5. The molecular weight excluding hydrogens is 250 g/mol. The zero-order valence-corrected chi connectivity index (χ0v) is 11.3. The van der Waals surface area contributed by atoms with Crippen LogP contribution in [0.3, 0.4) is 0 Å². The smallest absolute Gasteiger partial charge is 0.133 e. The van der Waals surface area contributed by atoms with Crippen molar-refractivity contribution in [3.05, 3.63) is 64.4 Å². The Hall–Kier alpha value is -0.990. The van der Waals surface area contributed by atoms with Crippen LogP contribution in [-0.4, -0.2) is 4.98 Å². The molecule has 0 N–H and O–H groups in total. The van der Waals surface area contributed by atoms with E-state index in [-0.39, 0.29) is 0 Å². The van der Waals surface area contributed by atoms with Crippen LogP contribution in [-0.2, 0) is 11.5 Å². The van der Waals surface area contributed by atoms with E-state index in [1.54, 1.807) is 6.20 Å². The fourth-order valence-electron chi connectivity index (χ4n) is 1.61. The van der Waals surface area contributed by atoms with Crippen molar-refractivity contribution in [2.45, 2.75) is 18.4 Å². The molecule has 1 heterocycles. The maximum absolute atomic E-state index is 6.01. The van der Waals surface area contributed by atoms with Crippen molar-refractivity contribution in [3.63, 3.8) is 0 Å². The molecule has 17 heavy (non-hydrogen) atoms. The minimum absolute atomic E-state index is 0.615. The van der Waals surface area contributed by atoms with Crippen molar-refractivity contribution in [1.29, 1.82) is 0 Å². The molecule has 0 atom stereocenters. The molecule has 3 heteroatoms. The Morgan fingerprint density at radius 2 is 2.06 bits per heavy atom. The molecule has 88 valence electrons. The third-order valence-corrected chi connectivity index (χ3v) is 3.84. The molecule has 1 aromatic carbocycles. The van der Waals surface area contributed by atoms with Gasteiger partial charge >= 0.3 is 0 Å². The number of nitrogens with zero attached hydrogens (tertiary/aromatic N) is 1. The van der Waals surface area contributed by atoms with Gasteiger partial charge in [-0.1, -0.05) is 47.5 Å². The standard InChI is InChI=1S/C14H14ClNS/c1-11-4-2-5-12(8-11)9-17-10-13-6-3-7-16-14(13)15/h2-8H,9-10H2,1H3. The first-order chi connectivity index (χ1) is 8.25. The third-order valence-electron chi connectivity index (χ3n) is 2.45. The Morgan fingerprint density at radius 3 is 2.82 bits per heavy atom. The van der Waals surface area contributed by atoms with Gasteiger partial charge in [0, 0.05) is 17.7 Å². The SMILES string of the molecule is Cc1cccc(CSCc2cccnc2Cl)c1. The van der Waals surface area contributed by atoms with Crippen LogP contribution in [0.1, 0.15) is 16.7 Å². The number of halogens is 1. The lowest BCUT2D eigenvalue weighted by Gasteiger charge is -2.04. The summed E-state index contributed by atoms with van der Waals surface area (Å²) < 4.78 is 0. The van der Waals surface area contributed by atoms with Gasteiger partial charge in [-0.05, 0) is 24.1 Å². The molecule has 0 spiro atoms. The minimum atomic E-state index is 0.615. The Balaban J connectivity index is 1.90. The van der Waals surface area contributed by atoms with Crippen molar-refractivity contribution in [2.24, 2.45) is 0 Å². The van der Waals surface area contributed by atoms with Gasteiger partial charge in [0.25, 0.3) is 0 Å². The molecule has 0 fully saturated rings. The number of aromatic nitrogens is 1. The Bertz CT molecular complexity index is 499. The van der Waals surface area contributed by atoms with Crippen molar-refractivity contribution in [3.8, 4) is 0 Å². The summed E-state index contributed by atoms with van der Waals surface area (Å²) in [6.45, 7) is 2.12. The van der Waals surface area contributed by atoms with Gasteiger partial charge in [-0.3, -0.25) is 0 Å². The summed E-state index contributed by atoms with van der Waals surface area (Å²) in [7, 11) is 0. The molecule has 2 aromatic rings. The molecule has 0 aliphatic carbocycles.